The number of aliphatic hydroxyl groups is 1. The summed E-state index contributed by atoms with van der Waals surface area (Å²) in [5.41, 5.74) is 1.14. The third-order valence-electron chi connectivity index (χ3n) is 3.28. The van der Waals surface area contributed by atoms with E-state index in [9.17, 15) is 0 Å². The van der Waals surface area contributed by atoms with Crippen molar-refractivity contribution in [1.29, 1.82) is 1.43 Å². The summed E-state index contributed by atoms with van der Waals surface area (Å²) < 4.78 is 21.2. The summed E-state index contributed by atoms with van der Waals surface area (Å²) in [5, 5.41) is 5.81. The lowest BCUT2D eigenvalue weighted by molar-refractivity contribution is -0.0928. The maximum absolute atomic E-state index is 8.45. The Morgan fingerprint density at radius 1 is 1.11 bits per heavy atom. The van der Waals surface area contributed by atoms with Crippen molar-refractivity contribution < 1.29 is 11.2 Å². The molecule has 19 heavy (non-hydrogen) atoms. The third kappa shape index (κ3) is 2.87. The number of hydrogen-bond donors (Lipinski definition) is 1. The van der Waals surface area contributed by atoms with E-state index in [0.29, 0.717) is 6.35 Å². The highest BCUT2D eigenvalue weighted by Gasteiger charge is 2.31. The SMILES string of the molecule is [2H]O[C@H]1OC[P@](c2ccccc2)[C@@H](c2ccccc2)[C@H]1[2H]. The minimum atomic E-state index is -0.780. The maximum atomic E-state index is 8.45. The van der Waals surface area contributed by atoms with Gasteiger partial charge in [-0.05, 0) is 18.8 Å². The van der Waals surface area contributed by atoms with Crippen LogP contribution < -0.4 is 5.30 Å². The molecule has 0 saturated carbocycles. The molecule has 1 aliphatic heterocycles. The van der Waals surface area contributed by atoms with Gasteiger partial charge in [0, 0.05) is 13.4 Å². The molecule has 3 rings (SSSR count). The van der Waals surface area contributed by atoms with Crippen LogP contribution in [0.4, 0.5) is 0 Å². The molecule has 1 fully saturated rings. The Hall–Kier alpha value is -1.21. The first-order chi connectivity index (χ1) is 10.3. The lowest BCUT2D eigenvalue weighted by Gasteiger charge is -2.35. The van der Waals surface area contributed by atoms with Crippen LogP contribution in [0, 0.1) is 0 Å². The highest BCUT2D eigenvalue weighted by Crippen LogP contribution is 2.55. The lowest BCUT2D eigenvalue weighted by Crippen LogP contribution is -2.26. The molecule has 0 radical (unpaired) electrons. The molecule has 0 bridgehead atoms. The molecule has 2 nitrogen and oxygen atoms in total. The average molecular weight is 274 g/mol. The summed E-state index contributed by atoms with van der Waals surface area (Å²) in [4.78, 5) is 0. The van der Waals surface area contributed by atoms with Gasteiger partial charge >= 0.3 is 0 Å². The predicted molar refractivity (Wildman–Crippen MR) is 78.8 cm³/mol. The van der Waals surface area contributed by atoms with E-state index >= 15 is 0 Å². The Kier molecular flexibility index (Phi) is 3.24. The van der Waals surface area contributed by atoms with Crippen LogP contribution in [0.1, 0.15) is 19.0 Å². The van der Waals surface area contributed by atoms with E-state index in [1.54, 1.807) is 0 Å². The number of rotatable bonds is 3. The fraction of sp³-hybridized carbons (Fsp3) is 0.250. The molecule has 1 N–H and O–H groups in total. The zero-order valence-corrected chi connectivity index (χ0v) is 11.4. The largest absolute Gasteiger partial charge is 0.368 e. The highest BCUT2D eigenvalue weighted by molar-refractivity contribution is 7.65. The van der Waals surface area contributed by atoms with E-state index in [1.807, 2.05) is 36.4 Å². The van der Waals surface area contributed by atoms with Crippen LogP contribution in [0.15, 0.2) is 60.7 Å². The molecule has 1 aliphatic rings. The summed E-state index contributed by atoms with van der Waals surface area (Å²) >= 11 is 0. The predicted octanol–water partition coefficient (Wildman–Crippen LogP) is 3.23. The van der Waals surface area contributed by atoms with Crippen LogP contribution >= 0.6 is 7.92 Å². The summed E-state index contributed by atoms with van der Waals surface area (Å²) in [5.74, 6) is 0. The zero-order valence-electron chi connectivity index (χ0n) is 12.5. The van der Waals surface area contributed by atoms with Crippen molar-refractivity contribution in [2.45, 2.75) is 18.3 Å². The van der Waals surface area contributed by atoms with Gasteiger partial charge in [0.2, 0.25) is 1.43 Å². The minimum Gasteiger partial charge on any atom is -0.368 e. The molecule has 0 aliphatic carbocycles. The Morgan fingerprint density at radius 3 is 2.47 bits per heavy atom. The van der Waals surface area contributed by atoms with Crippen LogP contribution in [0.5, 0.6) is 0 Å². The van der Waals surface area contributed by atoms with Gasteiger partial charge in [-0.15, -0.1) is 0 Å². The number of hydrogen-bond acceptors (Lipinski definition) is 2. The normalized spacial score (nSPS) is 32.4. The van der Waals surface area contributed by atoms with Gasteiger partial charge < -0.3 is 9.85 Å². The summed E-state index contributed by atoms with van der Waals surface area (Å²) in [6.07, 6.45) is -0.847. The standard InChI is InChI=1S/C16H17O2P/c17-16-11-15(13-7-3-1-4-8-13)19(12-18-16)14-9-5-2-6-10-14/h1-10,15-17H,11-12H2/t15-,16+,19-/m1/s1/i11D,17D/t11-,15-,16+,19-. The Bertz CT molecular complexity index is 567. The molecule has 1 saturated heterocycles. The maximum Gasteiger partial charge on any atom is 0.213 e. The summed E-state index contributed by atoms with van der Waals surface area (Å²) in [6, 6.07) is 20.3. The lowest BCUT2D eigenvalue weighted by atomic mass is 10.1. The molecule has 4 atom stereocenters. The monoisotopic (exact) mass is 274 g/mol. The molecule has 2 aromatic rings. The van der Waals surface area contributed by atoms with E-state index in [2.05, 4.69) is 29.4 Å². The van der Waals surface area contributed by atoms with Crippen molar-refractivity contribution in [3.8, 4) is 0 Å². The number of aliphatic hydroxyl groups excluding tert-OH is 1. The first-order valence-corrected chi connectivity index (χ1v) is 7.93. The second-order valence-corrected chi connectivity index (χ2v) is 6.79. The van der Waals surface area contributed by atoms with Crippen molar-refractivity contribution >= 4 is 13.2 Å². The van der Waals surface area contributed by atoms with Crippen molar-refractivity contribution in [3.05, 3.63) is 66.2 Å². The quantitative estimate of drug-likeness (QED) is 0.871. The first kappa shape index (κ1) is 10.6. The topological polar surface area (TPSA) is 29.5 Å². The summed E-state index contributed by atoms with van der Waals surface area (Å²) in [7, 11) is -0.651. The van der Waals surface area contributed by atoms with Crippen LogP contribution in [0.2, 0.25) is 0 Å². The molecule has 0 unspecified atom stereocenters. The molecular formula is C16H17O2P. The zero-order chi connectivity index (χ0) is 14.7. The fourth-order valence-corrected chi connectivity index (χ4v) is 4.71. The van der Waals surface area contributed by atoms with Gasteiger partial charge in [-0.1, -0.05) is 60.7 Å². The molecule has 0 spiro atoms. The second-order valence-electron chi connectivity index (χ2n) is 4.52. The van der Waals surface area contributed by atoms with Gasteiger partial charge in [0.15, 0.2) is 6.29 Å². The minimum absolute atomic E-state index is 0.0210. The first-order valence-electron chi connectivity index (χ1n) is 7.32. The third-order valence-corrected chi connectivity index (χ3v) is 5.81. The van der Waals surface area contributed by atoms with E-state index < -0.39 is 20.6 Å². The molecule has 0 amide bonds. The average Bonchev–Trinajstić information content (AvgIpc) is 2.56. The van der Waals surface area contributed by atoms with E-state index in [1.165, 1.54) is 5.30 Å². The molecule has 0 aromatic heterocycles. The van der Waals surface area contributed by atoms with Crippen LogP contribution in [-0.2, 0) is 4.74 Å². The van der Waals surface area contributed by atoms with Crippen molar-refractivity contribution in [2.75, 3.05) is 6.35 Å². The van der Waals surface area contributed by atoms with Crippen molar-refractivity contribution in [2.24, 2.45) is 0 Å². The molecular weight excluding hydrogens is 255 g/mol. The van der Waals surface area contributed by atoms with Crippen LogP contribution in [0.3, 0.4) is 0 Å². The number of benzene rings is 2. The van der Waals surface area contributed by atoms with E-state index in [4.69, 9.17) is 7.54 Å². The van der Waals surface area contributed by atoms with Gasteiger partial charge in [0.1, 0.15) is 0 Å². The summed E-state index contributed by atoms with van der Waals surface area (Å²) in [6.45, 7) is 0. The molecule has 1 heterocycles. The van der Waals surface area contributed by atoms with E-state index in [-0.39, 0.29) is 5.66 Å². The Labute approximate surface area is 117 Å². The highest BCUT2D eigenvalue weighted by atomic mass is 31.1. The van der Waals surface area contributed by atoms with Crippen molar-refractivity contribution in [3.63, 3.8) is 0 Å². The van der Waals surface area contributed by atoms with Crippen LogP contribution in [0.25, 0.3) is 0 Å². The van der Waals surface area contributed by atoms with Gasteiger partial charge in [0.25, 0.3) is 0 Å². The Morgan fingerprint density at radius 2 is 1.79 bits per heavy atom. The molecule has 98 valence electrons. The van der Waals surface area contributed by atoms with Gasteiger partial charge in [-0.3, -0.25) is 0 Å². The van der Waals surface area contributed by atoms with Gasteiger partial charge in [-0.2, -0.15) is 0 Å². The second kappa shape index (κ2) is 5.83. The van der Waals surface area contributed by atoms with E-state index in [0.717, 1.165) is 5.56 Å². The molecule has 2 aromatic carbocycles. The van der Waals surface area contributed by atoms with Crippen LogP contribution in [-0.4, -0.2) is 19.2 Å². The molecule has 3 heteroatoms. The smallest absolute Gasteiger partial charge is 0.213 e. The fourth-order valence-electron chi connectivity index (χ4n) is 2.34. The number of ether oxygens (including phenoxy) is 1. The van der Waals surface area contributed by atoms with Gasteiger partial charge in [-0.25, -0.2) is 0 Å². The van der Waals surface area contributed by atoms with Crippen molar-refractivity contribution in [1.82, 2.24) is 0 Å². The Balaban J connectivity index is 1.98. The van der Waals surface area contributed by atoms with Gasteiger partial charge in [0.05, 0.1) is 6.35 Å².